The lowest BCUT2D eigenvalue weighted by Gasteiger charge is -2.35. The van der Waals surface area contributed by atoms with Gasteiger partial charge in [-0.15, -0.1) is 5.10 Å². The Balaban J connectivity index is 1.96. The maximum Gasteiger partial charge on any atom is 0.165 e. The Morgan fingerprint density at radius 1 is 1.26 bits per heavy atom. The minimum absolute atomic E-state index is 0.403. The lowest BCUT2D eigenvalue weighted by molar-refractivity contribution is 0.143. The van der Waals surface area contributed by atoms with E-state index in [2.05, 4.69) is 34.3 Å². The van der Waals surface area contributed by atoms with Crippen LogP contribution in [0.1, 0.15) is 51.8 Å². The molecule has 6 nitrogen and oxygen atoms in total. The van der Waals surface area contributed by atoms with Crippen LogP contribution in [0.15, 0.2) is 0 Å². The van der Waals surface area contributed by atoms with E-state index >= 15 is 0 Å². The normalized spacial score (nSPS) is 24.0. The molecule has 0 bridgehead atoms. The first kappa shape index (κ1) is 14.4. The quantitative estimate of drug-likeness (QED) is 0.837. The number of nitrogens with zero attached hydrogens (tertiary/aromatic N) is 5. The molecule has 0 unspecified atom stereocenters. The molecule has 108 valence electrons. The van der Waals surface area contributed by atoms with Crippen molar-refractivity contribution in [1.82, 2.24) is 25.1 Å². The number of hydrogen-bond donors (Lipinski definition) is 1. The maximum atomic E-state index is 5.98. The highest BCUT2D eigenvalue weighted by Crippen LogP contribution is 2.23. The van der Waals surface area contributed by atoms with Crippen molar-refractivity contribution in [1.29, 1.82) is 0 Å². The van der Waals surface area contributed by atoms with Crippen LogP contribution in [0, 0.1) is 0 Å². The van der Waals surface area contributed by atoms with Crippen LogP contribution < -0.4 is 5.73 Å². The molecule has 1 heterocycles. The monoisotopic (exact) mass is 266 g/mol. The predicted octanol–water partition coefficient (Wildman–Crippen LogP) is 1.17. The SMILES string of the molecule is CCCn1nnnc1CN(CC)C1CCC(N)CC1. The average Bonchev–Trinajstić information content (AvgIpc) is 2.85. The van der Waals surface area contributed by atoms with Crippen molar-refractivity contribution < 1.29 is 0 Å². The van der Waals surface area contributed by atoms with Gasteiger partial charge >= 0.3 is 0 Å². The van der Waals surface area contributed by atoms with E-state index in [0.29, 0.717) is 12.1 Å². The molecule has 1 saturated carbocycles. The van der Waals surface area contributed by atoms with Crippen LogP contribution in [0.2, 0.25) is 0 Å². The molecular formula is C13H26N6. The zero-order valence-electron chi connectivity index (χ0n) is 12.1. The van der Waals surface area contributed by atoms with Crippen LogP contribution in [0.3, 0.4) is 0 Å². The number of aromatic nitrogens is 4. The van der Waals surface area contributed by atoms with E-state index in [4.69, 9.17) is 5.73 Å². The van der Waals surface area contributed by atoms with E-state index < -0.39 is 0 Å². The summed E-state index contributed by atoms with van der Waals surface area (Å²) in [5.74, 6) is 0.985. The number of hydrogen-bond acceptors (Lipinski definition) is 5. The van der Waals surface area contributed by atoms with E-state index in [-0.39, 0.29) is 0 Å². The highest BCUT2D eigenvalue weighted by atomic mass is 15.5. The highest BCUT2D eigenvalue weighted by molar-refractivity contribution is 4.86. The molecule has 1 aromatic heterocycles. The first-order chi connectivity index (χ1) is 9.24. The van der Waals surface area contributed by atoms with Gasteiger partial charge in [0, 0.05) is 18.6 Å². The first-order valence-corrected chi connectivity index (χ1v) is 7.49. The topological polar surface area (TPSA) is 72.9 Å². The molecule has 1 aromatic rings. The van der Waals surface area contributed by atoms with Crippen molar-refractivity contribution in [3.05, 3.63) is 5.82 Å². The van der Waals surface area contributed by atoms with Gasteiger partial charge < -0.3 is 5.73 Å². The van der Waals surface area contributed by atoms with Gasteiger partial charge in [-0.2, -0.15) is 0 Å². The molecule has 6 heteroatoms. The second kappa shape index (κ2) is 6.96. The Kier molecular flexibility index (Phi) is 5.27. The lowest BCUT2D eigenvalue weighted by atomic mass is 9.91. The molecular weight excluding hydrogens is 240 g/mol. The summed E-state index contributed by atoms with van der Waals surface area (Å²) in [6.45, 7) is 7.14. The van der Waals surface area contributed by atoms with Crippen molar-refractivity contribution in [2.24, 2.45) is 5.73 Å². The summed E-state index contributed by atoms with van der Waals surface area (Å²) in [6.07, 6.45) is 5.74. The summed E-state index contributed by atoms with van der Waals surface area (Å²) in [7, 11) is 0. The predicted molar refractivity (Wildman–Crippen MR) is 74.4 cm³/mol. The molecule has 1 fully saturated rings. The molecule has 1 aliphatic rings. The first-order valence-electron chi connectivity index (χ1n) is 7.49. The van der Waals surface area contributed by atoms with Crippen molar-refractivity contribution in [2.45, 2.75) is 71.1 Å². The zero-order chi connectivity index (χ0) is 13.7. The summed E-state index contributed by atoms with van der Waals surface area (Å²) in [6, 6.07) is 1.04. The molecule has 0 aromatic carbocycles. The molecule has 0 saturated heterocycles. The Hall–Kier alpha value is -1.01. The molecule has 0 spiro atoms. The fourth-order valence-corrected chi connectivity index (χ4v) is 2.87. The third-order valence-electron chi connectivity index (χ3n) is 4.05. The summed E-state index contributed by atoms with van der Waals surface area (Å²) in [5.41, 5.74) is 5.98. The number of aryl methyl sites for hydroxylation is 1. The van der Waals surface area contributed by atoms with Gasteiger partial charge in [0.15, 0.2) is 5.82 Å². The smallest absolute Gasteiger partial charge is 0.165 e. The molecule has 0 atom stereocenters. The summed E-state index contributed by atoms with van der Waals surface area (Å²) >= 11 is 0. The fourth-order valence-electron chi connectivity index (χ4n) is 2.87. The van der Waals surface area contributed by atoms with Gasteiger partial charge in [0.1, 0.15) is 0 Å². The Bertz CT molecular complexity index is 369. The molecule has 0 radical (unpaired) electrons. The lowest BCUT2D eigenvalue weighted by Crippen LogP contribution is -2.40. The molecule has 2 N–H and O–H groups in total. The van der Waals surface area contributed by atoms with Gasteiger partial charge in [-0.3, -0.25) is 4.90 Å². The van der Waals surface area contributed by atoms with E-state index in [1.165, 1.54) is 12.8 Å². The minimum atomic E-state index is 0.403. The highest BCUT2D eigenvalue weighted by Gasteiger charge is 2.24. The number of nitrogens with two attached hydrogens (primary N) is 1. The second-order valence-corrected chi connectivity index (χ2v) is 5.45. The van der Waals surface area contributed by atoms with E-state index in [9.17, 15) is 0 Å². The van der Waals surface area contributed by atoms with Gasteiger partial charge in [-0.25, -0.2) is 4.68 Å². The number of rotatable bonds is 6. The maximum absolute atomic E-state index is 5.98. The number of tetrazole rings is 1. The van der Waals surface area contributed by atoms with Crippen LogP contribution in [0.25, 0.3) is 0 Å². The van der Waals surface area contributed by atoms with Gasteiger partial charge in [-0.05, 0) is 49.1 Å². The second-order valence-electron chi connectivity index (χ2n) is 5.45. The van der Waals surface area contributed by atoms with E-state index in [1.54, 1.807) is 0 Å². The zero-order valence-corrected chi connectivity index (χ0v) is 12.1. The van der Waals surface area contributed by atoms with Crippen LogP contribution in [-0.2, 0) is 13.1 Å². The Labute approximate surface area is 115 Å². The Morgan fingerprint density at radius 2 is 2.00 bits per heavy atom. The van der Waals surface area contributed by atoms with E-state index in [1.807, 2.05) is 4.68 Å². The van der Waals surface area contributed by atoms with Gasteiger partial charge in [0.2, 0.25) is 0 Å². The summed E-state index contributed by atoms with van der Waals surface area (Å²) < 4.78 is 1.93. The van der Waals surface area contributed by atoms with Crippen molar-refractivity contribution in [3.8, 4) is 0 Å². The molecule has 1 aliphatic carbocycles. The molecule has 0 aliphatic heterocycles. The third kappa shape index (κ3) is 3.73. The van der Waals surface area contributed by atoms with Gasteiger partial charge in [0.05, 0.1) is 6.54 Å². The molecule has 19 heavy (non-hydrogen) atoms. The van der Waals surface area contributed by atoms with Crippen LogP contribution in [-0.4, -0.2) is 43.7 Å². The summed E-state index contributed by atoms with van der Waals surface area (Å²) in [5, 5.41) is 12.0. The fraction of sp³-hybridized carbons (Fsp3) is 0.923. The van der Waals surface area contributed by atoms with Crippen molar-refractivity contribution in [2.75, 3.05) is 6.54 Å². The van der Waals surface area contributed by atoms with Gasteiger partial charge in [-0.1, -0.05) is 13.8 Å². The summed E-state index contributed by atoms with van der Waals surface area (Å²) in [4.78, 5) is 2.49. The van der Waals surface area contributed by atoms with Crippen molar-refractivity contribution in [3.63, 3.8) is 0 Å². The molecule has 2 rings (SSSR count). The third-order valence-corrected chi connectivity index (χ3v) is 4.05. The van der Waals surface area contributed by atoms with Crippen LogP contribution in [0.4, 0.5) is 0 Å². The largest absolute Gasteiger partial charge is 0.328 e. The van der Waals surface area contributed by atoms with Crippen molar-refractivity contribution >= 4 is 0 Å². The average molecular weight is 266 g/mol. The standard InChI is InChI=1S/C13H26N6/c1-3-9-19-13(15-16-17-19)10-18(4-2)12-7-5-11(14)6-8-12/h11-12H,3-10,14H2,1-2H3. The van der Waals surface area contributed by atoms with Crippen LogP contribution in [0.5, 0.6) is 0 Å². The Morgan fingerprint density at radius 3 is 2.63 bits per heavy atom. The minimum Gasteiger partial charge on any atom is -0.328 e. The molecule has 0 amide bonds. The van der Waals surface area contributed by atoms with Gasteiger partial charge in [0.25, 0.3) is 0 Å². The van der Waals surface area contributed by atoms with E-state index in [0.717, 1.165) is 44.7 Å². The van der Waals surface area contributed by atoms with Crippen LogP contribution >= 0.6 is 0 Å².